The van der Waals surface area contributed by atoms with E-state index in [1.807, 2.05) is 0 Å². The Kier molecular flexibility index (Phi) is 3.85. The van der Waals surface area contributed by atoms with Crippen LogP contribution >= 0.6 is 15.9 Å². The number of aromatic nitrogens is 1. The Labute approximate surface area is 84.4 Å². The first-order chi connectivity index (χ1) is 6.24. The van der Waals surface area contributed by atoms with Gasteiger partial charge in [0.25, 0.3) is 5.91 Å². The van der Waals surface area contributed by atoms with E-state index in [1.54, 1.807) is 25.3 Å². The normalized spacial score (nSPS) is 9.69. The van der Waals surface area contributed by atoms with Crippen molar-refractivity contribution in [1.29, 1.82) is 0 Å². The van der Waals surface area contributed by atoms with E-state index in [0.717, 1.165) is 0 Å². The quantitative estimate of drug-likeness (QED) is 0.648. The molecule has 0 bridgehead atoms. The Balaban J connectivity index is 2.66. The molecule has 0 spiro atoms. The zero-order valence-electron chi connectivity index (χ0n) is 7.08. The maximum absolute atomic E-state index is 11.3. The van der Waals surface area contributed by atoms with Gasteiger partial charge in [-0.15, -0.1) is 0 Å². The van der Waals surface area contributed by atoms with E-state index < -0.39 is 0 Å². The summed E-state index contributed by atoms with van der Waals surface area (Å²) in [5.74, 6) is -0.273. The summed E-state index contributed by atoms with van der Waals surface area (Å²) in [7, 11) is 0. The highest BCUT2D eigenvalue weighted by Gasteiger charge is 2.04. The Hall–Kier alpha value is -0.940. The molecule has 1 amide bonds. The minimum Gasteiger partial charge on any atom is -0.274 e. The summed E-state index contributed by atoms with van der Waals surface area (Å²) in [6, 6.07) is 3.23. The summed E-state index contributed by atoms with van der Waals surface area (Å²) in [6.45, 7) is 2.24. The molecule has 1 rings (SSSR count). The number of rotatable bonds is 3. The fourth-order valence-electron chi connectivity index (χ4n) is 0.740. The number of carbonyl (C=O) groups is 1. The molecule has 4 nitrogen and oxygen atoms in total. The molecular formula is C8H9BrN2O2. The number of carbonyl (C=O) groups excluding carboxylic acids is 1. The first-order valence-corrected chi connectivity index (χ1v) is 4.57. The molecular weight excluding hydrogens is 236 g/mol. The fourth-order valence-corrected chi connectivity index (χ4v) is 1.11. The molecule has 5 heteroatoms. The van der Waals surface area contributed by atoms with E-state index in [4.69, 9.17) is 4.84 Å². The molecule has 0 unspecified atom stereocenters. The molecule has 0 atom stereocenters. The molecule has 0 saturated heterocycles. The number of nitrogens with one attached hydrogen (secondary N) is 1. The predicted octanol–water partition coefficient (Wildman–Crippen LogP) is 1.53. The van der Waals surface area contributed by atoms with Crippen LogP contribution in [0, 0.1) is 0 Å². The summed E-state index contributed by atoms with van der Waals surface area (Å²) in [5.41, 5.74) is 2.80. The molecule has 0 saturated carbocycles. The Morgan fingerprint density at radius 3 is 3.15 bits per heavy atom. The van der Waals surface area contributed by atoms with E-state index in [-0.39, 0.29) is 5.91 Å². The third-order valence-electron chi connectivity index (χ3n) is 1.30. The van der Waals surface area contributed by atoms with E-state index >= 15 is 0 Å². The van der Waals surface area contributed by atoms with E-state index in [1.165, 1.54) is 0 Å². The van der Waals surface area contributed by atoms with Crippen molar-refractivity contribution >= 4 is 21.8 Å². The van der Waals surface area contributed by atoms with Gasteiger partial charge < -0.3 is 0 Å². The lowest BCUT2D eigenvalue weighted by molar-refractivity contribution is 0.0364. The van der Waals surface area contributed by atoms with Crippen molar-refractivity contribution in [3.8, 4) is 0 Å². The number of hydrogen-bond donors (Lipinski definition) is 1. The molecule has 0 aromatic carbocycles. The van der Waals surface area contributed by atoms with Crippen LogP contribution in [0.5, 0.6) is 0 Å². The second-order valence-electron chi connectivity index (χ2n) is 2.23. The van der Waals surface area contributed by atoms with Gasteiger partial charge in [0.2, 0.25) is 0 Å². The largest absolute Gasteiger partial charge is 0.274 e. The topological polar surface area (TPSA) is 51.2 Å². The van der Waals surface area contributed by atoms with E-state index in [2.05, 4.69) is 26.4 Å². The van der Waals surface area contributed by atoms with Gasteiger partial charge in [-0.25, -0.2) is 10.5 Å². The average molecular weight is 245 g/mol. The van der Waals surface area contributed by atoms with Gasteiger partial charge in [-0.05, 0) is 35.0 Å². The lowest BCUT2D eigenvalue weighted by Gasteiger charge is -2.02. The van der Waals surface area contributed by atoms with Crippen LogP contribution in [0.15, 0.2) is 22.9 Å². The van der Waals surface area contributed by atoms with Gasteiger partial charge in [-0.1, -0.05) is 0 Å². The van der Waals surface area contributed by atoms with Crippen molar-refractivity contribution in [2.24, 2.45) is 0 Å². The molecule has 0 radical (unpaired) electrons. The van der Waals surface area contributed by atoms with E-state index in [0.29, 0.717) is 16.8 Å². The van der Waals surface area contributed by atoms with Crippen LogP contribution in [0.3, 0.4) is 0 Å². The van der Waals surface area contributed by atoms with Crippen molar-refractivity contribution in [2.45, 2.75) is 6.92 Å². The highest BCUT2D eigenvalue weighted by atomic mass is 79.9. The van der Waals surface area contributed by atoms with Gasteiger partial charge in [-0.3, -0.25) is 9.63 Å². The average Bonchev–Trinajstić information content (AvgIpc) is 2.14. The van der Waals surface area contributed by atoms with Crippen molar-refractivity contribution < 1.29 is 9.63 Å². The van der Waals surface area contributed by atoms with Crippen LogP contribution in [0.2, 0.25) is 0 Å². The van der Waals surface area contributed by atoms with E-state index in [9.17, 15) is 4.79 Å². The van der Waals surface area contributed by atoms with Crippen molar-refractivity contribution in [3.63, 3.8) is 0 Å². The number of hydroxylamine groups is 1. The van der Waals surface area contributed by atoms with Gasteiger partial charge in [0.05, 0.1) is 6.61 Å². The number of nitrogens with zero attached hydrogens (tertiary/aromatic N) is 1. The van der Waals surface area contributed by atoms with Gasteiger partial charge >= 0.3 is 0 Å². The zero-order chi connectivity index (χ0) is 9.68. The van der Waals surface area contributed by atoms with Crippen LogP contribution < -0.4 is 5.48 Å². The monoisotopic (exact) mass is 244 g/mol. The van der Waals surface area contributed by atoms with Gasteiger partial charge in [-0.2, -0.15) is 0 Å². The van der Waals surface area contributed by atoms with Gasteiger partial charge in [0.15, 0.2) is 0 Å². The Bertz CT molecular complexity index is 304. The molecule has 1 N–H and O–H groups in total. The van der Waals surface area contributed by atoms with Crippen LogP contribution in [0.1, 0.15) is 17.3 Å². The Morgan fingerprint density at radius 2 is 2.54 bits per heavy atom. The Morgan fingerprint density at radius 1 is 1.77 bits per heavy atom. The third kappa shape index (κ3) is 3.12. The zero-order valence-corrected chi connectivity index (χ0v) is 8.67. The molecule has 1 aromatic rings. The summed E-state index contributed by atoms with van der Waals surface area (Å²) in [5, 5.41) is 0. The fraction of sp³-hybridized carbons (Fsp3) is 0.250. The molecule has 0 fully saturated rings. The van der Waals surface area contributed by atoms with Gasteiger partial charge in [0, 0.05) is 11.8 Å². The maximum atomic E-state index is 11.3. The minimum absolute atomic E-state index is 0.273. The molecule has 70 valence electrons. The standard InChI is InChI=1S/C8H9BrN2O2/c1-2-13-11-8(12)6-3-4-10-7(9)5-6/h3-5H,2H2,1H3,(H,11,12). The minimum atomic E-state index is -0.273. The molecule has 0 aliphatic carbocycles. The summed E-state index contributed by atoms with van der Waals surface area (Å²) < 4.78 is 0.622. The molecule has 1 heterocycles. The molecule has 0 aliphatic rings. The number of pyridine rings is 1. The second-order valence-corrected chi connectivity index (χ2v) is 3.04. The summed E-state index contributed by atoms with van der Waals surface area (Å²) in [4.78, 5) is 19.9. The number of hydrogen-bond acceptors (Lipinski definition) is 3. The summed E-state index contributed by atoms with van der Waals surface area (Å²) in [6.07, 6.45) is 1.55. The molecule has 13 heavy (non-hydrogen) atoms. The molecule has 1 aromatic heterocycles. The van der Waals surface area contributed by atoms with Crippen LogP contribution in [-0.2, 0) is 4.84 Å². The first-order valence-electron chi connectivity index (χ1n) is 3.77. The SMILES string of the molecule is CCONC(=O)c1ccnc(Br)c1. The molecule has 0 aliphatic heterocycles. The second kappa shape index (κ2) is 4.94. The van der Waals surface area contributed by atoms with Crippen LogP contribution in [0.4, 0.5) is 0 Å². The van der Waals surface area contributed by atoms with Crippen molar-refractivity contribution in [2.75, 3.05) is 6.61 Å². The van der Waals surface area contributed by atoms with Crippen LogP contribution in [-0.4, -0.2) is 17.5 Å². The highest BCUT2D eigenvalue weighted by Crippen LogP contribution is 2.07. The van der Waals surface area contributed by atoms with Gasteiger partial charge in [0.1, 0.15) is 4.60 Å². The van der Waals surface area contributed by atoms with Crippen molar-refractivity contribution in [1.82, 2.24) is 10.5 Å². The third-order valence-corrected chi connectivity index (χ3v) is 1.73. The number of halogens is 1. The predicted molar refractivity (Wildman–Crippen MR) is 51.0 cm³/mol. The lowest BCUT2D eigenvalue weighted by Crippen LogP contribution is -2.23. The first kappa shape index (κ1) is 10.1. The van der Waals surface area contributed by atoms with Crippen molar-refractivity contribution in [3.05, 3.63) is 28.5 Å². The number of amides is 1. The van der Waals surface area contributed by atoms with Crippen LogP contribution in [0.25, 0.3) is 0 Å². The highest BCUT2D eigenvalue weighted by molar-refractivity contribution is 9.10. The summed E-state index contributed by atoms with van der Waals surface area (Å²) >= 11 is 3.17. The smallest absolute Gasteiger partial charge is 0.274 e. The maximum Gasteiger partial charge on any atom is 0.274 e. The lowest BCUT2D eigenvalue weighted by atomic mass is 10.3.